The van der Waals surface area contributed by atoms with Crippen LogP contribution >= 0.6 is 0 Å². The fraction of sp³-hybridized carbons (Fsp3) is 0.500. The fourth-order valence-electron chi connectivity index (χ4n) is 2.26. The van der Waals surface area contributed by atoms with Gasteiger partial charge in [0.1, 0.15) is 6.17 Å². The number of carbonyl (C=O) groups is 1. The van der Waals surface area contributed by atoms with Crippen LogP contribution in [0.5, 0.6) is 0 Å². The van der Waals surface area contributed by atoms with E-state index >= 15 is 0 Å². The molecule has 104 valence electrons. The summed E-state index contributed by atoms with van der Waals surface area (Å²) < 4.78 is 11.5. The maximum absolute atomic E-state index is 12.2. The van der Waals surface area contributed by atoms with Crippen molar-refractivity contribution in [3.05, 3.63) is 35.9 Å². The molecule has 5 heteroatoms. The second-order valence-corrected chi connectivity index (χ2v) is 6.80. The Bertz CT molecular complexity index is 478. The van der Waals surface area contributed by atoms with Crippen LogP contribution in [0.1, 0.15) is 25.6 Å². The van der Waals surface area contributed by atoms with Crippen molar-refractivity contribution in [2.24, 2.45) is 0 Å². The summed E-state index contributed by atoms with van der Waals surface area (Å²) in [6.45, 7) is 4.29. The maximum atomic E-state index is 12.2. The molecule has 0 aliphatic carbocycles. The number of nitrogens with zero attached hydrogens (tertiary/aromatic N) is 1. The van der Waals surface area contributed by atoms with E-state index in [0.717, 1.165) is 5.56 Å². The van der Waals surface area contributed by atoms with Crippen LogP contribution in [0, 0.1) is 0 Å². The molecule has 1 aliphatic rings. The molecule has 4 unspecified atom stereocenters. The Morgan fingerprint density at radius 2 is 2.00 bits per heavy atom. The van der Waals surface area contributed by atoms with Gasteiger partial charge in [0.15, 0.2) is 0 Å². The Balaban J connectivity index is 2.22. The van der Waals surface area contributed by atoms with Gasteiger partial charge in [0.25, 0.3) is 0 Å². The van der Waals surface area contributed by atoms with E-state index in [1.807, 2.05) is 44.2 Å². The van der Waals surface area contributed by atoms with E-state index in [0.29, 0.717) is 6.54 Å². The molecule has 19 heavy (non-hydrogen) atoms. The minimum absolute atomic E-state index is 0.0257. The van der Waals surface area contributed by atoms with Crippen molar-refractivity contribution >= 4 is 16.7 Å². The van der Waals surface area contributed by atoms with Gasteiger partial charge in [-0.25, -0.2) is 0 Å². The molecule has 1 amide bonds. The van der Waals surface area contributed by atoms with Gasteiger partial charge in [0.2, 0.25) is 5.91 Å². The van der Waals surface area contributed by atoms with Crippen LogP contribution in [0.2, 0.25) is 0 Å². The van der Waals surface area contributed by atoms with E-state index in [4.69, 9.17) is 0 Å². The Morgan fingerprint density at radius 1 is 1.37 bits per heavy atom. The molecule has 0 aromatic heterocycles. The predicted molar refractivity (Wildman–Crippen MR) is 77.0 cm³/mol. The van der Waals surface area contributed by atoms with Crippen molar-refractivity contribution in [2.75, 3.05) is 12.8 Å². The number of benzene rings is 1. The summed E-state index contributed by atoms with van der Waals surface area (Å²) in [6, 6.07) is 9.70. The average molecular weight is 280 g/mol. The lowest BCUT2D eigenvalue weighted by molar-refractivity contribution is -0.129. The summed E-state index contributed by atoms with van der Waals surface area (Å²) in [6.07, 6.45) is 1.56. The standard InChI is InChI=1S/C14H20N2O2S/c1-10(19(3)18)9-16-13(15-11(2)14(16)17)12-7-5-4-6-8-12/h4-8,10-11,13,15H,9H2,1-3H3. The third-order valence-electron chi connectivity index (χ3n) is 3.51. The van der Waals surface area contributed by atoms with Gasteiger partial charge < -0.3 is 4.90 Å². The first-order valence-electron chi connectivity index (χ1n) is 6.44. The van der Waals surface area contributed by atoms with E-state index in [1.165, 1.54) is 0 Å². The van der Waals surface area contributed by atoms with Gasteiger partial charge in [-0.1, -0.05) is 30.3 Å². The number of nitrogens with one attached hydrogen (secondary N) is 1. The van der Waals surface area contributed by atoms with E-state index in [9.17, 15) is 9.00 Å². The molecule has 2 rings (SSSR count). The van der Waals surface area contributed by atoms with Gasteiger partial charge in [0.05, 0.1) is 6.04 Å². The largest absolute Gasteiger partial charge is 0.320 e. The van der Waals surface area contributed by atoms with Crippen LogP contribution in [0.3, 0.4) is 0 Å². The zero-order chi connectivity index (χ0) is 14.0. The third-order valence-corrected chi connectivity index (χ3v) is 4.79. The normalized spacial score (nSPS) is 26.5. The summed E-state index contributed by atoms with van der Waals surface area (Å²) in [5.74, 6) is 0.0751. The van der Waals surface area contributed by atoms with Crippen LogP contribution in [-0.4, -0.2) is 39.1 Å². The second kappa shape index (κ2) is 5.84. The summed E-state index contributed by atoms with van der Waals surface area (Å²) in [7, 11) is -0.926. The van der Waals surface area contributed by atoms with E-state index in [2.05, 4.69) is 5.32 Å². The summed E-state index contributed by atoms with van der Waals surface area (Å²) >= 11 is 0. The summed E-state index contributed by atoms with van der Waals surface area (Å²) in [5.41, 5.74) is 1.06. The highest BCUT2D eigenvalue weighted by atomic mass is 32.2. The summed E-state index contributed by atoms with van der Waals surface area (Å²) in [5, 5.41) is 3.27. The minimum atomic E-state index is -0.926. The van der Waals surface area contributed by atoms with Crippen LogP contribution in [0.25, 0.3) is 0 Å². The van der Waals surface area contributed by atoms with Crippen molar-refractivity contribution in [2.45, 2.75) is 31.3 Å². The van der Waals surface area contributed by atoms with E-state index < -0.39 is 10.8 Å². The molecule has 1 heterocycles. The zero-order valence-electron chi connectivity index (χ0n) is 11.5. The van der Waals surface area contributed by atoms with Crippen LogP contribution < -0.4 is 5.32 Å². The lowest BCUT2D eigenvalue weighted by atomic mass is 10.1. The fourth-order valence-corrected chi connectivity index (χ4v) is 2.63. The van der Waals surface area contributed by atoms with Gasteiger partial charge in [-0.05, 0) is 19.4 Å². The Labute approximate surface area is 116 Å². The van der Waals surface area contributed by atoms with Crippen LogP contribution in [-0.2, 0) is 15.6 Å². The van der Waals surface area contributed by atoms with Gasteiger partial charge in [-0.15, -0.1) is 0 Å². The Hall–Kier alpha value is -1.20. The molecule has 4 nitrogen and oxygen atoms in total. The highest BCUT2D eigenvalue weighted by molar-refractivity contribution is 7.84. The molecule has 1 fully saturated rings. The molecular formula is C14H20N2O2S. The zero-order valence-corrected chi connectivity index (χ0v) is 12.3. The van der Waals surface area contributed by atoms with Crippen molar-refractivity contribution < 1.29 is 9.00 Å². The summed E-state index contributed by atoms with van der Waals surface area (Å²) in [4.78, 5) is 14.0. The smallest absolute Gasteiger partial charge is 0.241 e. The molecule has 0 saturated carbocycles. The second-order valence-electron chi connectivity index (χ2n) is 5.00. The van der Waals surface area contributed by atoms with E-state index in [1.54, 1.807) is 11.2 Å². The predicted octanol–water partition coefficient (Wildman–Crippen LogP) is 1.27. The van der Waals surface area contributed by atoms with E-state index in [-0.39, 0.29) is 23.4 Å². The molecule has 0 spiro atoms. The maximum Gasteiger partial charge on any atom is 0.241 e. The van der Waals surface area contributed by atoms with Gasteiger partial charge in [0, 0.05) is 28.9 Å². The SMILES string of the molecule is CC1NC(c2ccccc2)N(CC(C)S(C)=O)C1=O. The van der Waals surface area contributed by atoms with Gasteiger partial charge in [-0.3, -0.25) is 14.3 Å². The number of rotatable bonds is 4. The Morgan fingerprint density at radius 3 is 2.58 bits per heavy atom. The topological polar surface area (TPSA) is 49.4 Å². The van der Waals surface area contributed by atoms with Crippen molar-refractivity contribution in [1.29, 1.82) is 0 Å². The van der Waals surface area contributed by atoms with Crippen molar-refractivity contribution in [3.63, 3.8) is 0 Å². The molecule has 1 saturated heterocycles. The van der Waals surface area contributed by atoms with Crippen LogP contribution in [0.15, 0.2) is 30.3 Å². The number of amides is 1. The first kappa shape index (κ1) is 14.2. The lowest BCUT2D eigenvalue weighted by Crippen LogP contribution is -2.37. The molecule has 1 N–H and O–H groups in total. The molecule has 0 radical (unpaired) electrons. The molecule has 1 aromatic rings. The number of carbonyl (C=O) groups excluding carboxylic acids is 1. The average Bonchev–Trinajstić information content (AvgIpc) is 2.68. The van der Waals surface area contributed by atoms with Gasteiger partial charge in [-0.2, -0.15) is 0 Å². The van der Waals surface area contributed by atoms with Gasteiger partial charge >= 0.3 is 0 Å². The lowest BCUT2D eigenvalue weighted by Gasteiger charge is -2.26. The number of hydrogen-bond acceptors (Lipinski definition) is 3. The van der Waals surface area contributed by atoms with Crippen LogP contribution in [0.4, 0.5) is 0 Å². The molecule has 4 atom stereocenters. The third kappa shape index (κ3) is 3.04. The molecule has 1 aromatic carbocycles. The first-order valence-corrected chi connectivity index (χ1v) is 8.06. The highest BCUT2D eigenvalue weighted by Gasteiger charge is 2.37. The molecule has 0 bridgehead atoms. The minimum Gasteiger partial charge on any atom is -0.320 e. The van der Waals surface area contributed by atoms with Crippen molar-refractivity contribution in [3.8, 4) is 0 Å². The molecular weight excluding hydrogens is 260 g/mol. The van der Waals surface area contributed by atoms with Crippen molar-refractivity contribution in [1.82, 2.24) is 10.2 Å². The number of hydrogen-bond donors (Lipinski definition) is 1. The molecule has 1 aliphatic heterocycles. The quantitative estimate of drug-likeness (QED) is 0.903. The first-order chi connectivity index (χ1) is 9.00. The Kier molecular flexibility index (Phi) is 4.37. The highest BCUT2D eigenvalue weighted by Crippen LogP contribution is 2.25. The monoisotopic (exact) mass is 280 g/mol.